The molecule has 0 amide bonds. The molecule has 0 bridgehead atoms. The number of hydrogen-bond donors (Lipinski definition) is 2. The van der Waals surface area contributed by atoms with Gasteiger partial charge in [-0.25, -0.2) is 0 Å². The van der Waals surface area contributed by atoms with E-state index >= 15 is 0 Å². The van der Waals surface area contributed by atoms with Gasteiger partial charge in [0.1, 0.15) is 16.9 Å². The van der Waals surface area contributed by atoms with Crippen LogP contribution in [0.1, 0.15) is 53.4 Å². The van der Waals surface area contributed by atoms with Crippen LogP contribution in [-0.2, 0) is 14.3 Å². The van der Waals surface area contributed by atoms with Crippen molar-refractivity contribution in [2.75, 3.05) is 5.75 Å². The van der Waals surface area contributed by atoms with Gasteiger partial charge in [0.2, 0.25) is 0 Å². The Hall–Kier alpha value is -0.750. The van der Waals surface area contributed by atoms with E-state index in [-0.39, 0.29) is 17.0 Å². The zero-order valence-electron chi connectivity index (χ0n) is 12.8. The third-order valence-corrected chi connectivity index (χ3v) is 3.92. The van der Waals surface area contributed by atoms with E-state index in [0.29, 0.717) is 6.42 Å². The molecule has 0 saturated heterocycles. The van der Waals surface area contributed by atoms with Gasteiger partial charge in [-0.15, -0.1) is 11.8 Å². The van der Waals surface area contributed by atoms with Crippen LogP contribution in [0.25, 0.3) is 0 Å². The highest BCUT2D eigenvalue weighted by Gasteiger charge is 2.26. The molecule has 0 aromatic rings. The molecule has 0 aromatic heterocycles. The molecule has 2 atom stereocenters. The van der Waals surface area contributed by atoms with Gasteiger partial charge in [0, 0.05) is 5.75 Å². The van der Waals surface area contributed by atoms with Crippen molar-refractivity contribution in [2.45, 2.75) is 70.3 Å². The number of carboxylic acids is 1. The van der Waals surface area contributed by atoms with Crippen molar-refractivity contribution < 1.29 is 19.4 Å². The minimum Gasteiger partial charge on any atom is -0.480 e. The van der Waals surface area contributed by atoms with E-state index < -0.39 is 17.6 Å². The number of carboxylic acid groups (broad SMARTS) is 1. The average Bonchev–Trinajstić information content (AvgIpc) is 2.30. The maximum absolute atomic E-state index is 12.1. The molecule has 0 aliphatic heterocycles. The molecule has 5 nitrogen and oxygen atoms in total. The van der Waals surface area contributed by atoms with Gasteiger partial charge in [-0.1, -0.05) is 26.2 Å². The topological polar surface area (TPSA) is 89.6 Å². The maximum Gasteiger partial charge on any atom is 0.321 e. The number of ether oxygens (including phenoxy) is 1. The number of nitrogens with two attached hydrogens (primary N) is 1. The van der Waals surface area contributed by atoms with Crippen molar-refractivity contribution in [2.24, 2.45) is 5.73 Å². The minimum absolute atomic E-state index is 0.214. The Morgan fingerprint density at radius 3 is 2.35 bits per heavy atom. The first-order valence-corrected chi connectivity index (χ1v) is 8.05. The molecule has 0 aliphatic rings. The standard InChI is InChI=1S/C14H27NO4S/c1-5-6-7-8-11(13(18)19-14(2,3)4)20-9-10(15)12(16)17/h10-11H,5-9,15H2,1-4H3,(H,16,17)/t10-,11-/m1/s1. The smallest absolute Gasteiger partial charge is 0.321 e. The quantitative estimate of drug-likeness (QED) is 0.502. The van der Waals surface area contributed by atoms with Gasteiger partial charge in [0.15, 0.2) is 0 Å². The Bertz CT molecular complexity index is 315. The highest BCUT2D eigenvalue weighted by Crippen LogP contribution is 2.22. The second-order valence-electron chi connectivity index (χ2n) is 5.80. The predicted molar refractivity (Wildman–Crippen MR) is 81.8 cm³/mol. The Balaban J connectivity index is 4.47. The average molecular weight is 305 g/mol. The summed E-state index contributed by atoms with van der Waals surface area (Å²) in [5.41, 5.74) is 4.94. The van der Waals surface area contributed by atoms with Gasteiger partial charge in [-0.05, 0) is 27.2 Å². The lowest BCUT2D eigenvalue weighted by Crippen LogP contribution is -2.35. The van der Waals surface area contributed by atoms with Crippen LogP contribution in [0.5, 0.6) is 0 Å². The third kappa shape index (κ3) is 9.20. The molecule has 118 valence electrons. The van der Waals surface area contributed by atoms with Crippen LogP contribution in [0.4, 0.5) is 0 Å². The molecule has 0 unspecified atom stereocenters. The zero-order valence-corrected chi connectivity index (χ0v) is 13.7. The second kappa shape index (κ2) is 9.23. The van der Waals surface area contributed by atoms with Gasteiger partial charge in [-0.2, -0.15) is 0 Å². The summed E-state index contributed by atoms with van der Waals surface area (Å²) in [6, 6.07) is -0.948. The number of esters is 1. The maximum atomic E-state index is 12.1. The Morgan fingerprint density at radius 1 is 1.30 bits per heavy atom. The second-order valence-corrected chi connectivity index (χ2v) is 7.03. The lowest BCUT2D eigenvalue weighted by atomic mass is 10.1. The Morgan fingerprint density at radius 2 is 1.90 bits per heavy atom. The minimum atomic E-state index is -1.05. The molecule has 0 heterocycles. The largest absolute Gasteiger partial charge is 0.480 e. The summed E-state index contributed by atoms with van der Waals surface area (Å²) in [5, 5.41) is 8.44. The lowest BCUT2D eigenvalue weighted by Gasteiger charge is -2.24. The predicted octanol–water partition coefficient (Wildman–Crippen LogP) is 2.42. The summed E-state index contributed by atoms with van der Waals surface area (Å²) in [5.74, 6) is -1.11. The van der Waals surface area contributed by atoms with Crippen LogP contribution in [0.3, 0.4) is 0 Å². The summed E-state index contributed by atoms with van der Waals surface area (Å²) < 4.78 is 5.38. The highest BCUT2D eigenvalue weighted by atomic mass is 32.2. The number of rotatable bonds is 9. The fourth-order valence-electron chi connectivity index (χ4n) is 1.51. The molecule has 0 radical (unpaired) electrons. The number of carbonyl (C=O) groups is 2. The van der Waals surface area contributed by atoms with E-state index in [4.69, 9.17) is 15.6 Å². The lowest BCUT2D eigenvalue weighted by molar-refractivity contribution is -0.154. The summed E-state index contributed by atoms with van der Waals surface area (Å²) in [6.07, 6.45) is 3.74. The number of aliphatic carboxylic acids is 1. The van der Waals surface area contributed by atoms with Gasteiger partial charge < -0.3 is 15.6 Å². The van der Waals surface area contributed by atoms with Crippen molar-refractivity contribution in [3.8, 4) is 0 Å². The van der Waals surface area contributed by atoms with Crippen molar-refractivity contribution in [3.05, 3.63) is 0 Å². The van der Waals surface area contributed by atoms with E-state index in [1.165, 1.54) is 11.8 Å². The molecule has 0 rings (SSSR count). The Kier molecular flexibility index (Phi) is 8.89. The van der Waals surface area contributed by atoms with Gasteiger partial charge in [-0.3, -0.25) is 9.59 Å². The van der Waals surface area contributed by atoms with E-state index in [9.17, 15) is 9.59 Å². The first-order valence-electron chi connectivity index (χ1n) is 7.00. The fraction of sp³-hybridized carbons (Fsp3) is 0.857. The van der Waals surface area contributed by atoms with Crippen LogP contribution in [0.2, 0.25) is 0 Å². The van der Waals surface area contributed by atoms with E-state index in [2.05, 4.69) is 6.92 Å². The van der Waals surface area contributed by atoms with E-state index in [1.807, 2.05) is 20.8 Å². The molecule has 6 heteroatoms. The number of carbonyl (C=O) groups excluding carboxylic acids is 1. The van der Waals surface area contributed by atoms with Crippen LogP contribution in [0, 0.1) is 0 Å². The number of hydrogen-bond acceptors (Lipinski definition) is 5. The summed E-state index contributed by atoms with van der Waals surface area (Å²) in [4.78, 5) is 22.8. The third-order valence-electron chi connectivity index (χ3n) is 2.53. The zero-order chi connectivity index (χ0) is 15.8. The molecule has 0 aliphatic carbocycles. The highest BCUT2D eigenvalue weighted by molar-refractivity contribution is 8.00. The van der Waals surface area contributed by atoms with Crippen LogP contribution >= 0.6 is 11.8 Å². The van der Waals surface area contributed by atoms with Crippen molar-refractivity contribution in [1.29, 1.82) is 0 Å². The molecule has 20 heavy (non-hydrogen) atoms. The molecule has 0 fully saturated rings. The summed E-state index contributed by atoms with van der Waals surface area (Å²) >= 11 is 1.28. The molecular formula is C14H27NO4S. The van der Waals surface area contributed by atoms with E-state index in [1.54, 1.807) is 0 Å². The molecule has 3 N–H and O–H groups in total. The van der Waals surface area contributed by atoms with Crippen molar-refractivity contribution in [1.82, 2.24) is 0 Å². The van der Waals surface area contributed by atoms with Crippen molar-refractivity contribution in [3.63, 3.8) is 0 Å². The summed E-state index contributed by atoms with van der Waals surface area (Å²) in [6.45, 7) is 7.56. The molecule has 0 aromatic carbocycles. The molecule has 0 spiro atoms. The van der Waals surface area contributed by atoms with Crippen LogP contribution in [-0.4, -0.2) is 39.7 Å². The van der Waals surface area contributed by atoms with Crippen LogP contribution < -0.4 is 5.73 Å². The van der Waals surface area contributed by atoms with Gasteiger partial charge in [0.05, 0.1) is 0 Å². The molecular weight excluding hydrogens is 278 g/mol. The number of unbranched alkanes of at least 4 members (excludes halogenated alkanes) is 2. The Labute approximate surface area is 125 Å². The SMILES string of the molecule is CCCCC[C@@H](SC[C@@H](N)C(=O)O)C(=O)OC(C)(C)C. The first-order chi connectivity index (χ1) is 9.17. The van der Waals surface area contributed by atoms with Crippen molar-refractivity contribution >= 4 is 23.7 Å². The monoisotopic (exact) mass is 305 g/mol. The molecule has 0 saturated carbocycles. The summed E-state index contributed by atoms with van der Waals surface area (Å²) in [7, 11) is 0. The van der Waals surface area contributed by atoms with E-state index in [0.717, 1.165) is 19.3 Å². The van der Waals surface area contributed by atoms with Gasteiger partial charge >= 0.3 is 11.9 Å². The van der Waals surface area contributed by atoms with Crippen LogP contribution in [0.15, 0.2) is 0 Å². The first kappa shape index (κ1) is 19.2. The normalized spacial score (nSPS) is 14.7. The van der Waals surface area contributed by atoms with Gasteiger partial charge in [0.25, 0.3) is 0 Å². The number of thioether (sulfide) groups is 1. The fourth-order valence-corrected chi connectivity index (χ4v) is 2.61.